The van der Waals surface area contributed by atoms with Crippen LogP contribution in [0, 0.1) is 5.92 Å². The fraction of sp³-hybridized carbons (Fsp3) is 0.238. The Morgan fingerprint density at radius 1 is 0.963 bits per heavy atom. The summed E-state index contributed by atoms with van der Waals surface area (Å²) in [5.41, 5.74) is 2.11. The molecule has 0 atom stereocenters. The number of methoxy groups -OCH3 is 2. The van der Waals surface area contributed by atoms with Crippen molar-refractivity contribution in [1.29, 1.82) is 0 Å². The Bertz CT molecular complexity index is 855. The maximum atomic E-state index is 12.2. The molecule has 0 unspecified atom stereocenters. The zero-order valence-corrected chi connectivity index (χ0v) is 15.3. The van der Waals surface area contributed by atoms with Gasteiger partial charge in [-0.25, -0.2) is 0 Å². The van der Waals surface area contributed by atoms with E-state index in [9.17, 15) is 9.59 Å². The van der Waals surface area contributed by atoms with Gasteiger partial charge in [0.15, 0.2) is 11.5 Å². The van der Waals surface area contributed by atoms with Crippen molar-refractivity contribution in [3.05, 3.63) is 54.1 Å². The topological polar surface area (TPSA) is 76.7 Å². The molecule has 6 nitrogen and oxygen atoms in total. The van der Waals surface area contributed by atoms with Crippen LogP contribution in [0.15, 0.2) is 48.5 Å². The Labute approximate surface area is 158 Å². The number of nitrogens with one attached hydrogen (secondary N) is 2. The van der Waals surface area contributed by atoms with E-state index in [-0.39, 0.29) is 17.7 Å². The Kier molecular flexibility index (Phi) is 5.76. The van der Waals surface area contributed by atoms with Crippen LogP contribution in [0.4, 0.5) is 11.4 Å². The molecule has 2 aromatic rings. The van der Waals surface area contributed by atoms with Crippen LogP contribution in [0.1, 0.15) is 18.4 Å². The molecule has 1 saturated carbocycles. The number of hydrogen-bond donors (Lipinski definition) is 2. The van der Waals surface area contributed by atoms with Crippen LogP contribution in [0.5, 0.6) is 11.5 Å². The first-order valence-electron chi connectivity index (χ1n) is 8.71. The van der Waals surface area contributed by atoms with Crippen LogP contribution in [-0.4, -0.2) is 26.0 Å². The lowest BCUT2D eigenvalue weighted by Gasteiger charge is -2.10. The fourth-order valence-corrected chi connectivity index (χ4v) is 2.62. The summed E-state index contributed by atoms with van der Waals surface area (Å²) >= 11 is 0. The summed E-state index contributed by atoms with van der Waals surface area (Å²) in [7, 11) is 3.12. The standard InChI is InChI=1S/C21H22N2O4/c1-26-18-5-3-4-14(20(18)27-2)8-13-19(24)22-16-9-11-17(12-10-16)23-21(25)15-6-7-15/h3-5,8-13,15H,6-7H2,1-2H3,(H,22,24)(H,23,25)/b13-8+. The Morgan fingerprint density at radius 2 is 1.63 bits per heavy atom. The number of carbonyl (C=O) groups excluding carboxylic acids is 2. The van der Waals surface area contributed by atoms with Crippen molar-refractivity contribution >= 4 is 29.3 Å². The second-order valence-corrected chi connectivity index (χ2v) is 6.25. The maximum absolute atomic E-state index is 12.2. The molecule has 0 spiro atoms. The molecule has 0 heterocycles. The summed E-state index contributed by atoms with van der Waals surface area (Å²) in [5.74, 6) is 1.11. The molecule has 0 bridgehead atoms. The number of hydrogen-bond acceptors (Lipinski definition) is 4. The van der Waals surface area contributed by atoms with Crippen molar-refractivity contribution in [2.24, 2.45) is 5.92 Å². The van der Waals surface area contributed by atoms with Crippen molar-refractivity contribution in [2.45, 2.75) is 12.8 Å². The maximum Gasteiger partial charge on any atom is 0.248 e. The second-order valence-electron chi connectivity index (χ2n) is 6.25. The molecule has 1 aliphatic rings. The first kappa shape index (κ1) is 18.5. The van der Waals surface area contributed by atoms with Crippen LogP contribution in [0.2, 0.25) is 0 Å². The number of rotatable bonds is 7. The largest absolute Gasteiger partial charge is 0.493 e. The van der Waals surface area contributed by atoms with Crippen molar-refractivity contribution in [2.75, 3.05) is 24.9 Å². The SMILES string of the molecule is COc1cccc(/C=C/C(=O)Nc2ccc(NC(=O)C3CC3)cc2)c1OC. The molecule has 6 heteroatoms. The van der Waals surface area contributed by atoms with Gasteiger partial charge in [0.25, 0.3) is 0 Å². The number of para-hydroxylation sites is 1. The Hall–Kier alpha value is -3.28. The minimum absolute atomic E-state index is 0.0574. The van der Waals surface area contributed by atoms with E-state index in [0.717, 1.165) is 24.1 Å². The molecule has 3 rings (SSSR count). The summed E-state index contributed by atoms with van der Waals surface area (Å²) in [6, 6.07) is 12.5. The minimum Gasteiger partial charge on any atom is -0.493 e. The monoisotopic (exact) mass is 366 g/mol. The first-order chi connectivity index (χ1) is 13.1. The van der Waals surface area contributed by atoms with Crippen molar-refractivity contribution < 1.29 is 19.1 Å². The molecular formula is C21H22N2O4. The highest BCUT2D eigenvalue weighted by Crippen LogP contribution is 2.31. The lowest BCUT2D eigenvalue weighted by atomic mass is 10.1. The first-order valence-corrected chi connectivity index (χ1v) is 8.71. The summed E-state index contributed by atoms with van der Waals surface area (Å²) in [6.45, 7) is 0. The van der Waals surface area contributed by atoms with Gasteiger partial charge in [0.2, 0.25) is 11.8 Å². The summed E-state index contributed by atoms with van der Waals surface area (Å²) in [6.07, 6.45) is 5.02. The molecule has 0 aliphatic heterocycles. The van der Waals surface area contributed by atoms with Gasteiger partial charge in [-0.15, -0.1) is 0 Å². The number of carbonyl (C=O) groups is 2. The van der Waals surface area contributed by atoms with Crippen molar-refractivity contribution in [3.63, 3.8) is 0 Å². The van der Waals surface area contributed by atoms with E-state index >= 15 is 0 Å². The van der Waals surface area contributed by atoms with E-state index in [2.05, 4.69) is 10.6 Å². The van der Waals surface area contributed by atoms with E-state index in [4.69, 9.17) is 9.47 Å². The highest BCUT2D eigenvalue weighted by Gasteiger charge is 2.29. The summed E-state index contributed by atoms with van der Waals surface area (Å²) in [4.78, 5) is 23.9. The average molecular weight is 366 g/mol. The van der Waals surface area contributed by atoms with E-state index in [1.165, 1.54) is 6.08 Å². The molecule has 0 radical (unpaired) electrons. The average Bonchev–Trinajstić information content (AvgIpc) is 3.52. The predicted octanol–water partition coefficient (Wildman–Crippen LogP) is 3.70. The van der Waals surface area contributed by atoms with Crippen LogP contribution in [0.25, 0.3) is 6.08 Å². The van der Waals surface area contributed by atoms with E-state index < -0.39 is 0 Å². The zero-order valence-electron chi connectivity index (χ0n) is 15.3. The zero-order chi connectivity index (χ0) is 19.2. The molecule has 27 heavy (non-hydrogen) atoms. The summed E-state index contributed by atoms with van der Waals surface area (Å²) in [5, 5.41) is 5.65. The number of anilines is 2. The molecule has 2 amide bonds. The van der Waals surface area contributed by atoms with Gasteiger partial charge in [-0.1, -0.05) is 12.1 Å². The lowest BCUT2D eigenvalue weighted by molar-refractivity contribution is -0.117. The van der Waals surface area contributed by atoms with Gasteiger partial charge < -0.3 is 20.1 Å². The van der Waals surface area contributed by atoms with Crippen LogP contribution in [0.3, 0.4) is 0 Å². The van der Waals surface area contributed by atoms with Crippen molar-refractivity contribution in [1.82, 2.24) is 0 Å². The molecule has 140 valence electrons. The second kappa shape index (κ2) is 8.40. The lowest BCUT2D eigenvalue weighted by Crippen LogP contribution is -2.13. The third kappa shape index (κ3) is 4.88. The predicted molar refractivity (Wildman–Crippen MR) is 105 cm³/mol. The molecule has 2 aromatic carbocycles. The molecule has 1 fully saturated rings. The third-order valence-corrected chi connectivity index (χ3v) is 4.22. The third-order valence-electron chi connectivity index (χ3n) is 4.22. The Balaban J connectivity index is 1.60. The minimum atomic E-state index is -0.269. The van der Waals surface area contributed by atoms with Crippen LogP contribution < -0.4 is 20.1 Å². The molecule has 0 saturated heterocycles. The van der Waals surface area contributed by atoms with Gasteiger partial charge in [0, 0.05) is 28.9 Å². The number of amides is 2. The van der Waals surface area contributed by atoms with Crippen molar-refractivity contribution in [3.8, 4) is 11.5 Å². The smallest absolute Gasteiger partial charge is 0.248 e. The highest BCUT2D eigenvalue weighted by molar-refractivity contribution is 6.02. The fourth-order valence-electron chi connectivity index (χ4n) is 2.62. The van der Waals surface area contributed by atoms with Gasteiger partial charge in [0.1, 0.15) is 0 Å². The van der Waals surface area contributed by atoms with Crippen LogP contribution in [-0.2, 0) is 9.59 Å². The number of ether oxygens (including phenoxy) is 2. The van der Waals surface area contributed by atoms with Crippen LogP contribution >= 0.6 is 0 Å². The molecular weight excluding hydrogens is 344 g/mol. The normalized spacial score (nSPS) is 13.3. The Morgan fingerprint density at radius 3 is 2.22 bits per heavy atom. The van der Waals surface area contributed by atoms with E-state index in [1.807, 2.05) is 12.1 Å². The van der Waals surface area contributed by atoms with Gasteiger partial charge in [0.05, 0.1) is 14.2 Å². The number of benzene rings is 2. The van der Waals surface area contributed by atoms with Gasteiger partial charge in [-0.3, -0.25) is 9.59 Å². The van der Waals surface area contributed by atoms with Gasteiger partial charge >= 0.3 is 0 Å². The van der Waals surface area contributed by atoms with E-state index in [1.54, 1.807) is 50.6 Å². The van der Waals surface area contributed by atoms with Gasteiger partial charge in [-0.05, 0) is 49.2 Å². The van der Waals surface area contributed by atoms with E-state index in [0.29, 0.717) is 17.2 Å². The molecule has 0 aromatic heterocycles. The molecule has 1 aliphatic carbocycles. The van der Waals surface area contributed by atoms with Gasteiger partial charge in [-0.2, -0.15) is 0 Å². The summed E-state index contributed by atoms with van der Waals surface area (Å²) < 4.78 is 10.6. The molecule has 2 N–H and O–H groups in total. The highest BCUT2D eigenvalue weighted by atomic mass is 16.5. The quantitative estimate of drug-likeness (QED) is 0.733.